The number of nitrogens with zero attached hydrogens (tertiary/aromatic N) is 4. The molecule has 0 unspecified atom stereocenters. The van der Waals surface area contributed by atoms with Crippen molar-refractivity contribution >= 4 is 11.6 Å². The van der Waals surface area contributed by atoms with Gasteiger partial charge in [0.1, 0.15) is 11.6 Å². The molecule has 0 saturated heterocycles. The van der Waals surface area contributed by atoms with Crippen molar-refractivity contribution in [3.05, 3.63) is 42.7 Å². The van der Waals surface area contributed by atoms with Crippen LogP contribution in [0.15, 0.2) is 42.7 Å². The lowest BCUT2D eigenvalue weighted by molar-refractivity contribution is 0.477. The molecule has 0 atom stereocenters. The molecular formula is C15H16N4O. The Morgan fingerprint density at radius 3 is 2.85 bits per heavy atom. The highest BCUT2D eigenvalue weighted by Gasteiger charge is 2.12. The van der Waals surface area contributed by atoms with Gasteiger partial charge in [-0.25, -0.2) is 9.97 Å². The van der Waals surface area contributed by atoms with Crippen molar-refractivity contribution in [3.63, 3.8) is 0 Å². The molecule has 0 bridgehead atoms. The highest BCUT2D eigenvalue weighted by molar-refractivity contribution is 5.71. The highest BCUT2D eigenvalue weighted by atomic mass is 16.3. The van der Waals surface area contributed by atoms with E-state index in [-0.39, 0.29) is 5.75 Å². The van der Waals surface area contributed by atoms with Gasteiger partial charge in [-0.05, 0) is 19.1 Å². The normalized spacial score (nSPS) is 10.9. The SMILES string of the molecule is CCN(C)c1cc(-c2ccccc2O)nc2nccn12. The fourth-order valence-electron chi connectivity index (χ4n) is 2.17. The zero-order valence-corrected chi connectivity index (χ0v) is 11.5. The summed E-state index contributed by atoms with van der Waals surface area (Å²) in [6.45, 7) is 2.96. The predicted octanol–water partition coefficient (Wildman–Crippen LogP) is 2.56. The minimum absolute atomic E-state index is 0.223. The monoisotopic (exact) mass is 268 g/mol. The van der Waals surface area contributed by atoms with Gasteiger partial charge in [0.25, 0.3) is 0 Å². The second-order valence-electron chi connectivity index (χ2n) is 4.63. The van der Waals surface area contributed by atoms with Crippen LogP contribution < -0.4 is 4.90 Å². The maximum absolute atomic E-state index is 9.99. The minimum Gasteiger partial charge on any atom is -0.507 e. The molecular weight excluding hydrogens is 252 g/mol. The number of rotatable bonds is 3. The van der Waals surface area contributed by atoms with Gasteiger partial charge in [0.2, 0.25) is 5.78 Å². The Morgan fingerprint density at radius 1 is 1.30 bits per heavy atom. The molecule has 5 heteroatoms. The maximum Gasteiger partial charge on any atom is 0.235 e. The van der Waals surface area contributed by atoms with Gasteiger partial charge in [0, 0.05) is 37.6 Å². The van der Waals surface area contributed by atoms with Gasteiger partial charge in [0.05, 0.1) is 5.69 Å². The average molecular weight is 268 g/mol. The van der Waals surface area contributed by atoms with Gasteiger partial charge >= 0.3 is 0 Å². The molecule has 1 N–H and O–H groups in total. The van der Waals surface area contributed by atoms with Crippen molar-refractivity contribution < 1.29 is 5.11 Å². The molecule has 0 aliphatic carbocycles. The van der Waals surface area contributed by atoms with E-state index in [0.29, 0.717) is 11.3 Å². The molecule has 0 aliphatic rings. The number of aromatic hydroxyl groups is 1. The summed E-state index contributed by atoms with van der Waals surface area (Å²) in [7, 11) is 2.02. The van der Waals surface area contributed by atoms with Crippen LogP contribution >= 0.6 is 0 Å². The molecule has 0 spiro atoms. The lowest BCUT2D eigenvalue weighted by atomic mass is 10.1. The number of hydrogen-bond donors (Lipinski definition) is 1. The molecule has 2 aromatic heterocycles. The topological polar surface area (TPSA) is 53.7 Å². The van der Waals surface area contributed by atoms with Gasteiger partial charge < -0.3 is 10.0 Å². The number of fused-ring (bicyclic) bond motifs is 1. The van der Waals surface area contributed by atoms with Gasteiger partial charge in [-0.15, -0.1) is 0 Å². The summed E-state index contributed by atoms with van der Waals surface area (Å²) in [5.74, 6) is 1.84. The second kappa shape index (κ2) is 4.85. The Labute approximate surface area is 117 Å². The van der Waals surface area contributed by atoms with Crippen molar-refractivity contribution in [2.45, 2.75) is 6.92 Å². The standard InChI is InChI=1S/C15H16N4O/c1-3-18(2)14-10-12(11-6-4-5-7-13(11)20)17-15-16-8-9-19(14)15/h4-10,20H,3H2,1-2H3. The Morgan fingerprint density at radius 2 is 2.10 bits per heavy atom. The van der Waals surface area contributed by atoms with Crippen LogP contribution in [-0.4, -0.2) is 33.1 Å². The van der Waals surface area contributed by atoms with E-state index in [1.54, 1.807) is 18.3 Å². The van der Waals surface area contributed by atoms with E-state index in [1.807, 2.05) is 35.8 Å². The van der Waals surface area contributed by atoms with Crippen LogP contribution in [0.1, 0.15) is 6.92 Å². The quantitative estimate of drug-likeness (QED) is 0.793. The zero-order chi connectivity index (χ0) is 14.1. The van der Waals surface area contributed by atoms with Gasteiger partial charge in [-0.2, -0.15) is 0 Å². The number of aromatic nitrogens is 3. The molecule has 1 aromatic carbocycles. The molecule has 0 saturated carbocycles. The maximum atomic E-state index is 9.99. The molecule has 0 amide bonds. The number of phenolic OH excluding ortho intramolecular Hbond substituents is 1. The smallest absolute Gasteiger partial charge is 0.235 e. The van der Waals surface area contributed by atoms with Gasteiger partial charge in [-0.1, -0.05) is 12.1 Å². The predicted molar refractivity (Wildman–Crippen MR) is 79.0 cm³/mol. The van der Waals surface area contributed by atoms with Crippen LogP contribution in [-0.2, 0) is 0 Å². The number of para-hydroxylation sites is 1. The number of benzene rings is 1. The Hall–Kier alpha value is -2.56. The molecule has 3 rings (SSSR count). The van der Waals surface area contributed by atoms with Crippen LogP contribution in [0, 0.1) is 0 Å². The van der Waals surface area contributed by atoms with Crippen molar-refractivity contribution in [3.8, 4) is 17.0 Å². The van der Waals surface area contributed by atoms with E-state index in [9.17, 15) is 5.11 Å². The molecule has 0 aliphatic heterocycles. The minimum atomic E-state index is 0.223. The van der Waals surface area contributed by atoms with Gasteiger partial charge in [-0.3, -0.25) is 4.40 Å². The fraction of sp³-hybridized carbons (Fsp3) is 0.200. The summed E-state index contributed by atoms with van der Waals surface area (Å²) < 4.78 is 1.94. The molecule has 2 heterocycles. The molecule has 102 valence electrons. The number of hydrogen-bond acceptors (Lipinski definition) is 4. The Bertz CT molecular complexity index is 750. The molecule has 20 heavy (non-hydrogen) atoms. The van der Waals surface area contributed by atoms with Crippen molar-refractivity contribution in [2.75, 3.05) is 18.5 Å². The summed E-state index contributed by atoms with van der Waals surface area (Å²) in [5, 5.41) is 9.99. The molecule has 5 nitrogen and oxygen atoms in total. The zero-order valence-electron chi connectivity index (χ0n) is 11.5. The Balaban J connectivity index is 2.25. The third-order valence-electron chi connectivity index (χ3n) is 3.40. The number of phenols is 1. The summed E-state index contributed by atoms with van der Waals surface area (Å²) in [6, 6.07) is 9.16. The van der Waals surface area contributed by atoms with E-state index < -0.39 is 0 Å². The van der Waals surface area contributed by atoms with E-state index >= 15 is 0 Å². The van der Waals surface area contributed by atoms with Crippen LogP contribution in [0.4, 0.5) is 5.82 Å². The summed E-state index contributed by atoms with van der Waals surface area (Å²) in [6.07, 6.45) is 3.61. The number of imidazole rings is 1. The van der Waals surface area contributed by atoms with Crippen LogP contribution in [0.3, 0.4) is 0 Å². The fourth-order valence-corrected chi connectivity index (χ4v) is 2.17. The first kappa shape index (κ1) is 12.5. The second-order valence-corrected chi connectivity index (χ2v) is 4.63. The largest absolute Gasteiger partial charge is 0.507 e. The first-order chi connectivity index (χ1) is 9.70. The molecule has 3 aromatic rings. The third kappa shape index (κ3) is 1.97. The average Bonchev–Trinajstić information content (AvgIpc) is 2.94. The molecule has 0 radical (unpaired) electrons. The summed E-state index contributed by atoms with van der Waals surface area (Å²) >= 11 is 0. The van der Waals surface area contributed by atoms with Crippen molar-refractivity contribution in [2.24, 2.45) is 0 Å². The molecule has 0 fully saturated rings. The van der Waals surface area contributed by atoms with Crippen molar-refractivity contribution in [1.82, 2.24) is 14.4 Å². The van der Waals surface area contributed by atoms with Crippen molar-refractivity contribution in [1.29, 1.82) is 0 Å². The van der Waals surface area contributed by atoms with Crippen LogP contribution in [0.2, 0.25) is 0 Å². The van der Waals surface area contributed by atoms with Crippen LogP contribution in [0.5, 0.6) is 5.75 Å². The Kier molecular flexibility index (Phi) is 3.02. The van der Waals surface area contributed by atoms with E-state index in [1.165, 1.54) is 0 Å². The first-order valence-electron chi connectivity index (χ1n) is 6.54. The first-order valence-corrected chi connectivity index (χ1v) is 6.54. The highest BCUT2D eigenvalue weighted by Crippen LogP contribution is 2.30. The third-order valence-corrected chi connectivity index (χ3v) is 3.40. The van der Waals surface area contributed by atoms with Gasteiger partial charge in [0.15, 0.2) is 0 Å². The lowest BCUT2D eigenvalue weighted by Crippen LogP contribution is -2.19. The lowest BCUT2D eigenvalue weighted by Gasteiger charge is -2.19. The van der Waals surface area contributed by atoms with E-state index in [0.717, 1.165) is 18.1 Å². The summed E-state index contributed by atoms with van der Waals surface area (Å²) in [4.78, 5) is 10.9. The van der Waals surface area contributed by atoms with E-state index in [4.69, 9.17) is 0 Å². The van der Waals surface area contributed by atoms with Crippen LogP contribution in [0.25, 0.3) is 17.0 Å². The summed E-state index contributed by atoms with van der Waals surface area (Å²) in [5.41, 5.74) is 1.43. The number of anilines is 1. The van der Waals surface area contributed by atoms with E-state index in [2.05, 4.69) is 21.8 Å².